The number of fused-ring (bicyclic) bond motifs is 7. The molecule has 0 N–H and O–H groups in total. The van der Waals surface area contributed by atoms with Crippen LogP contribution in [0.4, 0.5) is 17.1 Å². The largest absolute Gasteiger partial charge is 0.311 e. The van der Waals surface area contributed by atoms with Crippen LogP contribution in [-0.4, -0.2) is 19.9 Å². The van der Waals surface area contributed by atoms with Crippen molar-refractivity contribution < 1.29 is 0 Å². The summed E-state index contributed by atoms with van der Waals surface area (Å²) >= 11 is 0. The summed E-state index contributed by atoms with van der Waals surface area (Å²) in [5, 5.41) is 22.8. The molecule has 208 valence electrons. The first-order chi connectivity index (χ1) is 22.2. The Balaban J connectivity index is 1.28. The normalized spacial score (nSPS) is 11.1. The lowest BCUT2D eigenvalue weighted by atomic mass is 9.95. The molecule has 0 bridgehead atoms. The minimum Gasteiger partial charge on any atom is -0.311 e. The maximum absolute atomic E-state index is 9.48. The lowest BCUT2D eigenvalue weighted by Crippen LogP contribution is -2.09. The fourth-order valence-electron chi connectivity index (χ4n) is 5.90. The fourth-order valence-corrected chi connectivity index (χ4v) is 5.90. The number of benzene rings is 6. The number of rotatable bonds is 4. The summed E-state index contributed by atoms with van der Waals surface area (Å²) in [5.41, 5.74) is 7.09. The van der Waals surface area contributed by atoms with E-state index in [4.69, 9.17) is 9.97 Å². The van der Waals surface area contributed by atoms with E-state index >= 15 is 0 Å². The van der Waals surface area contributed by atoms with E-state index in [1.165, 1.54) is 0 Å². The highest BCUT2D eigenvalue weighted by molar-refractivity contribution is 6.24. The molecule has 0 aliphatic carbocycles. The van der Waals surface area contributed by atoms with Gasteiger partial charge in [0.1, 0.15) is 12.1 Å². The summed E-state index contributed by atoms with van der Waals surface area (Å²) in [5.74, 6) is 0. The Hall–Kier alpha value is -6.70. The first-order valence-corrected chi connectivity index (χ1v) is 14.4. The van der Waals surface area contributed by atoms with Crippen LogP contribution in [-0.2, 0) is 0 Å². The van der Waals surface area contributed by atoms with Crippen molar-refractivity contribution in [2.75, 3.05) is 4.90 Å². The van der Waals surface area contributed by atoms with Crippen molar-refractivity contribution in [3.8, 4) is 23.3 Å². The Kier molecular flexibility index (Phi) is 6.08. The summed E-state index contributed by atoms with van der Waals surface area (Å²) in [7, 11) is 0. The average Bonchev–Trinajstić information content (AvgIpc) is 3.11. The van der Waals surface area contributed by atoms with Crippen LogP contribution in [0.2, 0.25) is 0 Å². The van der Waals surface area contributed by atoms with Gasteiger partial charge in [-0.05, 0) is 64.4 Å². The predicted molar refractivity (Wildman–Crippen MR) is 177 cm³/mol. The Morgan fingerprint density at radius 2 is 0.889 bits per heavy atom. The van der Waals surface area contributed by atoms with Crippen LogP contribution in [0.15, 0.2) is 127 Å². The first kappa shape index (κ1) is 26.0. The van der Waals surface area contributed by atoms with Gasteiger partial charge in [-0.25, -0.2) is 19.9 Å². The van der Waals surface area contributed by atoms with Crippen LogP contribution in [0.1, 0.15) is 11.4 Å². The highest BCUT2D eigenvalue weighted by Crippen LogP contribution is 2.38. The van der Waals surface area contributed by atoms with E-state index < -0.39 is 0 Å². The van der Waals surface area contributed by atoms with E-state index in [0.29, 0.717) is 11.0 Å². The molecule has 0 atom stereocenters. The minimum atomic E-state index is -0.0624. The smallest absolute Gasteiger partial charge is 0.199 e. The van der Waals surface area contributed by atoms with Gasteiger partial charge < -0.3 is 4.90 Å². The highest BCUT2D eigenvalue weighted by Gasteiger charge is 2.17. The molecular weight excluding hydrogens is 554 g/mol. The van der Waals surface area contributed by atoms with Gasteiger partial charge >= 0.3 is 0 Å². The zero-order valence-electron chi connectivity index (χ0n) is 23.8. The van der Waals surface area contributed by atoms with Crippen LogP contribution in [0.5, 0.6) is 0 Å². The maximum atomic E-state index is 9.48. The zero-order chi connectivity index (χ0) is 30.3. The topological polar surface area (TPSA) is 102 Å². The molecule has 0 aliphatic heterocycles. The molecule has 2 heterocycles. The molecule has 45 heavy (non-hydrogen) atoms. The Morgan fingerprint density at radius 1 is 0.422 bits per heavy atom. The Bertz CT molecular complexity index is 2460. The zero-order valence-corrected chi connectivity index (χ0v) is 23.8. The first-order valence-electron chi connectivity index (χ1n) is 14.4. The van der Waals surface area contributed by atoms with Crippen molar-refractivity contribution in [1.29, 1.82) is 10.5 Å². The van der Waals surface area contributed by atoms with Gasteiger partial charge in [-0.15, -0.1) is 0 Å². The van der Waals surface area contributed by atoms with E-state index in [0.717, 1.165) is 49.7 Å². The molecule has 8 aromatic rings. The molecule has 0 saturated heterocycles. The number of hydrogen-bond donors (Lipinski definition) is 0. The second-order valence-corrected chi connectivity index (χ2v) is 10.6. The van der Waals surface area contributed by atoms with E-state index in [-0.39, 0.29) is 22.7 Å². The van der Waals surface area contributed by atoms with Crippen LogP contribution in [0, 0.1) is 22.7 Å². The van der Waals surface area contributed by atoms with Gasteiger partial charge in [-0.3, -0.25) is 0 Å². The number of nitrogens with zero attached hydrogens (tertiary/aromatic N) is 7. The SMILES string of the molecule is N#Cc1nc2nc3c4ccccc4c4cc(-c5ccc(N(c6ccccc6)c6ccccc6)cc5)ccc4c3nc2nc1C#N. The maximum Gasteiger partial charge on any atom is 0.199 e. The van der Waals surface area contributed by atoms with Gasteiger partial charge in [0.15, 0.2) is 22.7 Å². The summed E-state index contributed by atoms with van der Waals surface area (Å²) in [6, 6.07) is 47.6. The quantitative estimate of drug-likeness (QED) is 0.153. The molecule has 2 aromatic heterocycles. The Labute approximate surface area is 257 Å². The van der Waals surface area contributed by atoms with E-state index in [1.54, 1.807) is 0 Å². The lowest BCUT2D eigenvalue weighted by Gasteiger charge is -2.25. The molecule has 0 spiro atoms. The molecule has 0 aliphatic rings. The molecule has 0 saturated carbocycles. The third kappa shape index (κ3) is 4.36. The van der Waals surface area contributed by atoms with Gasteiger partial charge in [0.2, 0.25) is 0 Å². The second kappa shape index (κ2) is 10.5. The van der Waals surface area contributed by atoms with E-state index in [9.17, 15) is 10.5 Å². The number of nitriles is 2. The predicted octanol–water partition coefficient (Wildman–Crippen LogP) is 8.76. The third-order valence-electron chi connectivity index (χ3n) is 7.97. The second-order valence-electron chi connectivity index (χ2n) is 10.6. The van der Waals surface area contributed by atoms with E-state index in [2.05, 4.69) is 112 Å². The summed E-state index contributed by atoms with van der Waals surface area (Å²) in [4.78, 5) is 20.5. The molecule has 0 fully saturated rings. The van der Waals surface area contributed by atoms with Crippen LogP contribution in [0.3, 0.4) is 0 Å². The molecule has 0 amide bonds. The van der Waals surface area contributed by atoms with Crippen molar-refractivity contribution in [1.82, 2.24) is 19.9 Å². The van der Waals surface area contributed by atoms with Crippen LogP contribution in [0.25, 0.3) is 55.0 Å². The van der Waals surface area contributed by atoms with Crippen LogP contribution >= 0.6 is 0 Å². The molecule has 0 unspecified atom stereocenters. The van der Waals surface area contributed by atoms with Crippen molar-refractivity contribution in [2.45, 2.75) is 0 Å². The van der Waals surface area contributed by atoms with Gasteiger partial charge in [0, 0.05) is 27.8 Å². The number of para-hydroxylation sites is 2. The summed E-state index contributed by atoms with van der Waals surface area (Å²) < 4.78 is 0. The van der Waals surface area contributed by atoms with E-state index in [1.807, 2.05) is 42.5 Å². The summed E-state index contributed by atoms with van der Waals surface area (Å²) in [6.45, 7) is 0. The lowest BCUT2D eigenvalue weighted by molar-refractivity contribution is 1.14. The van der Waals surface area contributed by atoms with Gasteiger partial charge in [-0.2, -0.15) is 10.5 Å². The number of hydrogen-bond acceptors (Lipinski definition) is 7. The number of anilines is 3. The fraction of sp³-hybridized carbons (Fsp3) is 0. The molecule has 0 radical (unpaired) electrons. The minimum absolute atomic E-state index is 0.0601. The summed E-state index contributed by atoms with van der Waals surface area (Å²) in [6.07, 6.45) is 0. The van der Waals surface area contributed by atoms with Crippen molar-refractivity contribution in [3.05, 3.63) is 139 Å². The Morgan fingerprint density at radius 3 is 1.44 bits per heavy atom. The van der Waals surface area contributed by atoms with Gasteiger partial charge in [0.25, 0.3) is 0 Å². The van der Waals surface area contributed by atoms with Gasteiger partial charge in [0.05, 0.1) is 11.0 Å². The molecule has 7 nitrogen and oxygen atoms in total. The van der Waals surface area contributed by atoms with Crippen LogP contribution < -0.4 is 4.90 Å². The molecule has 8 rings (SSSR count). The van der Waals surface area contributed by atoms with Crippen molar-refractivity contribution >= 4 is 60.9 Å². The molecule has 7 heteroatoms. The average molecular weight is 576 g/mol. The molecular formula is C38H21N7. The number of aromatic nitrogens is 4. The standard InChI is InChI=1S/C38H21N7/c39-22-33-34(23-40)42-38-37(41-33)43-35-30-14-8-7-13-29(30)32-21-25(17-20-31(32)36(35)44-38)24-15-18-28(19-16-24)45(26-9-3-1-4-10-26)27-11-5-2-6-12-27/h1-21H. The monoisotopic (exact) mass is 575 g/mol. The van der Waals surface area contributed by atoms with Gasteiger partial charge in [-0.1, -0.05) is 84.9 Å². The van der Waals surface area contributed by atoms with Crippen molar-refractivity contribution in [3.63, 3.8) is 0 Å². The highest BCUT2D eigenvalue weighted by atomic mass is 15.1. The molecule has 6 aromatic carbocycles. The third-order valence-corrected chi connectivity index (χ3v) is 7.97. The van der Waals surface area contributed by atoms with Crippen molar-refractivity contribution in [2.24, 2.45) is 0 Å².